The molecule has 0 bridgehead atoms. The Hall–Kier alpha value is -3.88. The fourth-order valence-electron chi connectivity index (χ4n) is 2.47. The van der Waals surface area contributed by atoms with E-state index in [2.05, 4.69) is 10.5 Å². The van der Waals surface area contributed by atoms with Crippen molar-refractivity contribution in [2.24, 2.45) is 5.10 Å². The van der Waals surface area contributed by atoms with E-state index in [1.54, 1.807) is 36.4 Å². The molecule has 6 nitrogen and oxygen atoms in total. The fourth-order valence-corrected chi connectivity index (χ4v) is 2.47. The lowest BCUT2D eigenvalue weighted by atomic mass is 10.2. The zero-order valence-corrected chi connectivity index (χ0v) is 15.5. The molecule has 1 heterocycles. The Morgan fingerprint density at radius 2 is 1.77 bits per heavy atom. The van der Waals surface area contributed by atoms with Crippen molar-refractivity contribution >= 4 is 12.1 Å². The van der Waals surface area contributed by atoms with Crippen molar-refractivity contribution in [3.63, 3.8) is 0 Å². The van der Waals surface area contributed by atoms with Gasteiger partial charge >= 0.3 is 6.18 Å². The Bertz CT molecular complexity index is 1110. The molecule has 30 heavy (non-hydrogen) atoms. The van der Waals surface area contributed by atoms with E-state index in [9.17, 15) is 22.8 Å². The number of carbonyl (C=O) groups excluding carboxylic acids is 1. The number of ether oxygens (including phenoxy) is 1. The summed E-state index contributed by atoms with van der Waals surface area (Å²) in [4.78, 5) is 23.6. The maximum Gasteiger partial charge on any atom is 0.417 e. The van der Waals surface area contributed by atoms with Gasteiger partial charge in [0.1, 0.15) is 18.0 Å². The van der Waals surface area contributed by atoms with Crippen LogP contribution in [0.15, 0.2) is 82.8 Å². The van der Waals surface area contributed by atoms with Gasteiger partial charge in [-0.15, -0.1) is 0 Å². The minimum Gasteiger partial charge on any atom is -0.457 e. The summed E-state index contributed by atoms with van der Waals surface area (Å²) in [5, 5.41) is 3.77. The largest absolute Gasteiger partial charge is 0.457 e. The van der Waals surface area contributed by atoms with E-state index in [0.717, 1.165) is 6.07 Å². The number of pyridine rings is 1. The third kappa shape index (κ3) is 5.81. The second-order valence-electron chi connectivity index (χ2n) is 6.16. The van der Waals surface area contributed by atoms with Gasteiger partial charge in [0.2, 0.25) is 0 Å². The molecule has 1 amide bonds. The second-order valence-corrected chi connectivity index (χ2v) is 6.16. The summed E-state index contributed by atoms with van der Waals surface area (Å²) in [5.41, 5.74) is 1.06. The first-order valence-corrected chi connectivity index (χ1v) is 8.74. The zero-order chi connectivity index (χ0) is 21.6. The average molecular weight is 415 g/mol. The van der Waals surface area contributed by atoms with Crippen molar-refractivity contribution in [1.82, 2.24) is 9.99 Å². The van der Waals surface area contributed by atoms with E-state index in [4.69, 9.17) is 4.74 Å². The molecule has 1 aromatic heterocycles. The number of hydrazone groups is 1. The highest BCUT2D eigenvalue weighted by Gasteiger charge is 2.31. The van der Waals surface area contributed by atoms with Gasteiger partial charge in [0.15, 0.2) is 0 Å². The van der Waals surface area contributed by atoms with Crippen molar-refractivity contribution in [3.8, 4) is 11.5 Å². The lowest BCUT2D eigenvalue weighted by Gasteiger charge is -2.09. The van der Waals surface area contributed by atoms with Gasteiger partial charge in [0.25, 0.3) is 11.5 Å². The first-order valence-electron chi connectivity index (χ1n) is 8.74. The van der Waals surface area contributed by atoms with Gasteiger partial charge in [-0.1, -0.05) is 30.3 Å². The highest BCUT2D eigenvalue weighted by atomic mass is 19.4. The molecule has 1 N–H and O–H groups in total. The molecule has 0 saturated carbocycles. The van der Waals surface area contributed by atoms with Gasteiger partial charge in [0.05, 0.1) is 11.8 Å². The lowest BCUT2D eigenvalue weighted by Crippen LogP contribution is -2.30. The number of rotatable bonds is 6. The van der Waals surface area contributed by atoms with Crippen molar-refractivity contribution in [2.75, 3.05) is 0 Å². The van der Waals surface area contributed by atoms with Crippen molar-refractivity contribution in [1.29, 1.82) is 0 Å². The number of carbonyl (C=O) groups is 1. The number of amides is 1. The maximum absolute atomic E-state index is 12.7. The first kappa shape index (κ1) is 20.8. The summed E-state index contributed by atoms with van der Waals surface area (Å²) in [6.45, 7) is -0.600. The Kier molecular flexibility index (Phi) is 6.31. The molecular weight excluding hydrogens is 399 g/mol. The molecule has 0 saturated heterocycles. The summed E-state index contributed by atoms with van der Waals surface area (Å²) in [7, 11) is 0. The number of halogens is 3. The van der Waals surface area contributed by atoms with Gasteiger partial charge in [-0.05, 0) is 35.9 Å². The van der Waals surface area contributed by atoms with E-state index in [-0.39, 0.29) is 0 Å². The molecular formula is C21H16F3N3O3. The molecule has 2 aromatic carbocycles. The van der Waals surface area contributed by atoms with Crippen LogP contribution >= 0.6 is 0 Å². The Balaban J connectivity index is 1.61. The van der Waals surface area contributed by atoms with Crippen LogP contribution in [0.5, 0.6) is 11.5 Å². The van der Waals surface area contributed by atoms with Crippen LogP contribution in [0.1, 0.15) is 11.1 Å². The molecule has 0 aliphatic rings. The quantitative estimate of drug-likeness (QED) is 0.492. The molecule has 0 spiro atoms. The molecule has 0 atom stereocenters. The SMILES string of the molecule is O=C(Cn1cc(C(F)(F)F)ccc1=O)NN=Cc1cccc(Oc2ccccc2)c1. The molecule has 0 fully saturated rings. The summed E-state index contributed by atoms with van der Waals surface area (Å²) in [6.07, 6.45) is -2.67. The first-order chi connectivity index (χ1) is 14.3. The van der Waals surface area contributed by atoms with Crippen LogP contribution in [0.25, 0.3) is 0 Å². The molecule has 3 rings (SSSR count). The predicted molar refractivity (Wildman–Crippen MR) is 104 cm³/mol. The van der Waals surface area contributed by atoms with E-state index >= 15 is 0 Å². The summed E-state index contributed by atoms with van der Waals surface area (Å²) in [5.74, 6) is 0.475. The van der Waals surface area contributed by atoms with E-state index in [0.29, 0.717) is 33.9 Å². The third-order valence-electron chi connectivity index (χ3n) is 3.86. The van der Waals surface area contributed by atoms with Crippen LogP contribution in [0, 0.1) is 0 Å². The molecule has 3 aromatic rings. The lowest BCUT2D eigenvalue weighted by molar-refractivity contribution is -0.138. The summed E-state index contributed by atoms with van der Waals surface area (Å²) in [6, 6.07) is 17.5. The van der Waals surface area contributed by atoms with Crippen LogP contribution in [-0.2, 0) is 17.5 Å². The van der Waals surface area contributed by atoms with E-state index in [1.165, 1.54) is 6.21 Å². The third-order valence-corrected chi connectivity index (χ3v) is 3.86. The normalized spacial score (nSPS) is 11.4. The number of hydrogen-bond acceptors (Lipinski definition) is 4. The number of hydrogen-bond donors (Lipinski definition) is 1. The van der Waals surface area contributed by atoms with Crippen LogP contribution < -0.4 is 15.7 Å². The van der Waals surface area contributed by atoms with Gasteiger partial charge in [-0.2, -0.15) is 18.3 Å². The number of para-hydroxylation sites is 1. The Labute approximate surface area is 169 Å². The summed E-state index contributed by atoms with van der Waals surface area (Å²) >= 11 is 0. The minimum atomic E-state index is -4.61. The zero-order valence-electron chi connectivity index (χ0n) is 15.5. The van der Waals surface area contributed by atoms with Crippen LogP contribution in [-0.4, -0.2) is 16.7 Å². The number of benzene rings is 2. The van der Waals surface area contributed by atoms with Crippen LogP contribution in [0.2, 0.25) is 0 Å². The molecule has 0 aliphatic heterocycles. The molecule has 9 heteroatoms. The van der Waals surface area contributed by atoms with E-state index < -0.39 is 29.8 Å². The number of alkyl halides is 3. The standard InChI is InChI=1S/C21H16F3N3O3/c22-21(23,24)16-9-10-20(29)27(13-16)14-19(28)26-25-12-15-5-4-8-18(11-15)30-17-6-2-1-3-7-17/h1-13H,14H2,(H,26,28). The van der Waals surface area contributed by atoms with Gasteiger partial charge in [-0.25, -0.2) is 5.43 Å². The molecule has 0 radical (unpaired) electrons. The monoisotopic (exact) mass is 415 g/mol. The highest BCUT2D eigenvalue weighted by molar-refractivity contribution is 5.82. The number of nitrogens with zero attached hydrogens (tertiary/aromatic N) is 2. The van der Waals surface area contributed by atoms with Gasteiger partial charge < -0.3 is 9.30 Å². The Morgan fingerprint density at radius 3 is 2.50 bits per heavy atom. The van der Waals surface area contributed by atoms with Gasteiger partial charge in [-0.3, -0.25) is 9.59 Å². The highest BCUT2D eigenvalue weighted by Crippen LogP contribution is 2.28. The molecule has 0 unspecified atom stereocenters. The number of nitrogens with one attached hydrogen (secondary N) is 1. The smallest absolute Gasteiger partial charge is 0.417 e. The summed E-state index contributed by atoms with van der Waals surface area (Å²) < 4.78 is 44.6. The van der Waals surface area contributed by atoms with Crippen LogP contribution in [0.4, 0.5) is 13.2 Å². The van der Waals surface area contributed by atoms with Crippen LogP contribution in [0.3, 0.4) is 0 Å². The van der Waals surface area contributed by atoms with Gasteiger partial charge in [0, 0.05) is 12.3 Å². The second kappa shape index (κ2) is 9.08. The maximum atomic E-state index is 12.7. The Morgan fingerprint density at radius 1 is 1.03 bits per heavy atom. The van der Waals surface area contributed by atoms with Crippen molar-refractivity contribution < 1.29 is 22.7 Å². The average Bonchev–Trinajstić information content (AvgIpc) is 2.70. The number of aromatic nitrogens is 1. The fraction of sp³-hybridized carbons (Fsp3) is 0.0952. The molecule has 154 valence electrons. The van der Waals surface area contributed by atoms with E-state index in [1.807, 2.05) is 18.2 Å². The molecule has 0 aliphatic carbocycles. The predicted octanol–water partition coefficient (Wildman–Crippen LogP) is 3.81. The topological polar surface area (TPSA) is 72.7 Å². The van der Waals surface area contributed by atoms with Crippen molar-refractivity contribution in [3.05, 3.63) is 94.4 Å². The minimum absolute atomic E-state index is 0.562. The van der Waals surface area contributed by atoms with Crippen molar-refractivity contribution in [2.45, 2.75) is 12.7 Å².